The van der Waals surface area contributed by atoms with Crippen molar-refractivity contribution >= 4 is 33.3 Å². The fraction of sp³-hybridized carbons (Fsp3) is 0.300. The second-order valence-corrected chi connectivity index (χ2v) is 9.42. The molecule has 2 N–H and O–H groups in total. The Morgan fingerprint density at radius 1 is 1.07 bits per heavy atom. The van der Waals surface area contributed by atoms with Crippen LogP contribution in [0.3, 0.4) is 0 Å². The molecule has 0 saturated carbocycles. The highest BCUT2D eigenvalue weighted by Crippen LogP contribution is 2.21. The number of amides is 2. The van der Waals surface area contributed by atoms with Gasteiger partial charge in [-0.3, -0.25) is 9.59 Å². The van der Waals surface area contributed by atoms with Gasteiger partial charge in [0.2, 0.25) is 5.91 Å². The Labute approximate surface area is 169 Å². The van der Waals surface area contributed by atoms with E-state index in [-0.39, 0.29) is 35.8 Å². The molecular weight excluding hydrogens is 400 g/mol. The Bertz CT molecular complexity index is 963. The van der Waals surface area contributed by atoms with Gasteiger partial charge in [-0.05, 0) is 24.1 Å². The number of hydrogen-bond acceptors (Lipinski definition) is 4. The highest BCUT2D eigenvalue weighted by Gasteiger charge is 2.30. The van der Waals surface area contributed by atoms with Crippen molar-refractivity contribution in [2.45, 2.75) is 24.9 Å². The van der Waals surface area contributed by atoms with E-state index in [1.807, 2.05) is 30.3 Å². The van der Waals surface area contributed by atoms with E-state index in [0.717, 1.165) is 5.56 Å². The fourth-order valence-corrected chi connectivity index (χ4v) is 5.09. The van der Waals surface area contributed by atoms with Gasteiger partial charge in [-0.2, -0.15) is 0 Å². The van der Waals surface area contributed by atoms with Crippen molar-refractivity contribution in [3.8, 4) is 0 Å². The molecule has 2 aromatic carbocycles. The summed E-state index contributed by atoms with van der Waals surface area (Å²) in [5.41, 5.74) is 1.10. The molecule has 1 fully saturated rings. The molecule has 8 heteroatoms. The third-order valence-electron chi connectivity index (χ3n) is 4.61. The number of rotatable bonds is 6. The molecule has 2 atom stereocenters. The second kappa shape index (κ2) is 8.75. The molecule has 148 valence electrons. The molecule has 6 nitrogen and oxygen atoms in total. The molecule has 0 spiro atoms. The standard InChI is InChI=1S/C20H21ClN2O4S/c21-17-9-5-4-8-16(17)20(25)23-18(14-6-2-1-3-7-14)12-19(24)22-15-10-11-28(26,27)13-15/h1-9,15,18H,10-13H2,(H,22,24)(H,23,25)/t15-,18+/m0/s1. The second-order valence-electron chi connectivity index (χ2n) is 6.79. The average Bonchev–Trinajstić information content (AvgIpc) is 3.00. The summed E-state index contributed by atoms with van der Waals surface area (Å²) in [6.07, 6.45) is 0.410. The van der Waals surface area contributed by atoms with Crippen LogP contribution in [-0.4, -0.2) is 37.8 Å². The summed E-state index contributed by atoms with van der Waals surface area (Å²) in [5, 5.41) is 5.95. The SMILES string of the molecule is O=C(C[C@@H](NC(=O)c1ccccc1Cl)c1ccccc1)N[C@H]1CCS(=O)(=O)C1. The first-order chi connectivity index (χ1) is 13.3. The Hall–Kier alpha value is -2.38. The first-order valence-corrected chi connectivity index (χ1v) is 11.1. The smallest absolute Gasteiger partial charge is 0.253 e. The minimum Gasteiger partial charge on any atom is -0.352 e. The number of benzene rings is 2. The summed E-state index contributed by atoms with van der Waals surface area (Å²) in [4.78, 5) is 25.1. The number of carbonyl (C=O) groups excluding carboxylic acids is 2. The predicted molar refractivity (Wildman–Crippen MR) is 108 cm³/mol. The molecule has 28 heavy (non-hydrogen) atoms. The maximum Gasteiger partial charge on any atom is 0.253 e. The molecule has 0 aromatic heterocycles. The molecule has 0 radical (unpaired) electrons. The molecular formula is C20H21ClN2O4S. The van der Waals surface area contributed by atoms with E-state index in [1.54, 1.807) is 24.3 Å². The van der Waals surface area contributed by atoms with Crippen LogP contribution >= 0.6 is 11.6 Å². The molecule has 1 heterocycles. The molecule has 0 aliphatic carbocycles. The molecule has 1 saturated heterocycles. The zero-order chi connectivity index (χ0) is 20.1. The largest absolute Gasteiger partial charge is 0.352 e. The van der Waals surface area contributed by atoms with Gasteiger partial charge in [-0.15, -0.1) is 0 Å². The van der Waals surface area contributed by atoms with Gasteiger partial charge in [-0.1, -0.05) is 54.1 Å². The molecule has 1 aliphatic rings. The molecule has 2 aromatic rings. The fourth-order valence-electron chi connectivity index (χ4n) is 3.20. The Balaban J connectivity index is 1.72. The lowest BCUT2D eigenvalue weighted by Crippen LogP contribution is -2.39. The number of carbonyl (C=O) groups is 2. The highest BCUT2D eigenvalue weighted by molar-refractivity contribution is 7.91. The van der Waals surface area contributed by atoms with Gasteiger partial charge in [0.1, 0.15) is 0 Å². The van der Waals surface area contributed by atoms with E-state index in [9.17, 15) is 18.0 Å². The van der Waals surface area contributed by atoms with E-state index < -0.39 is 15.9 Å². The van der Waals surface area contributed by atoms with Crippen LogP contribution in [0.2, 0.25) is 5.02 Å². The van der Waals surface area contributed by atoms with Gasteiger partial charge in [0.25, 0.3) is 5.91 Å². The first kappa shape index (κ1) is 20.4. The van der Waals surface area contributed by atoms with Crippen LogP contribution < -0.4 is 10.6 Å². The zero-order valence-electron chi connectivity index (χ0n) is 15.1. The number of hydrogen-bond donors (Lipinski definition) is 2. The van der Waals surface area contributed by atoms with Crippen LogP contribution in [0.4, 0.5) is 0 Å². The minimum absolute atomic E-state index is 0.00322. The van der Waals surface area contributed by atoms with Gasteiger partial charge in [0.15, 0.2) is 9.84 Å². The quantitative estimate of drug-likeness (QED) is 0.751. The van der Waals surface area contributed by atoms with E-state index in [1.165, 1.54) is 0 Å². The zero-order valence-corrected chi connectivity index (χ0v) is 16.7. The Morgan fingerprint density at radius 3 is 2.39 bits per heavy atom. The summed E-state index contributed by atoms with van der Waals surface area (Å²) >= 11 is 6.10. The van der Waals surface area contributed by atoms with Crippen molar-refractivity contribution in [2.75, 3.05) is 11.5 Å². The Kier molecular flexibility index (Phi) is 6.36. The van der Waals surface area contributed by atoms with Crippen molar-refractivity contribution in [3.63, 3.8) is 0 Å². The van der Waals surface area contributed by atoms with Crippen LogP contribution in [0, 0.1) is 0 Å². The maximum atomic E-state index is 12.7. The van der Waals surface area contributed by atoms with E-state index >= 15 is 0 Å². The topological polar surface area (TPSA) is 92.3 Å². The van der Waals surface area contributed by atoms with Crippen molar-refractivity contribution in [1.29, 1.82) is 0 Å². The van der Waals surface area contributed by atoms with Crippen LogP contribution in [0.5, 0.6) is 0 Å². The summed E-state index contributed by atoms with van der Waals surface area (Å²) in [6.45, 7) is 0. The summed E-state index contributed by atoms with van der Waals surface area (Å²) in [5.74, 6) is -0.643. The van der Waals surface area contributed by atoms with Gasteiger partial charge < -0.3 is 10.6 Å². The molecule has 1 aliphatic heterocycles. The van der Waals surface area contributed by atoms with Gasteiger partial charge >= 0.3 is 0 Å². The van der Waals surface area contributed by atoms with E-state index in [0.29, 0.717) is 17.0 Å². The first-order valence-electron chi connectivity index (χ1n) is 8.94. The average molecular weight is 421 g/mol. The summed E-state index contributed by atoms with van der Waals surface area (Å²) in [7, 11) is -3.08. The van der Waals surface area contributed by atoms with Gasteiger partial charge in [0.05, 0.1) is 34.6 Å². The normalized spacial score (nSPS) is 19.0. The van der Waals surface area contributed by atoms with Crippen LogP contribution in [0.15, 0.2) is 54.6 Å². The summed E-state index contributed by atoms with van der Waals surface area (Å²) in [6, 6.07) is 14.9. The number of nitrogens with one attached hydrogen (secondary N) is 2. The van der Waals surface area contributed by atoms with E-state index in [4.69, 9.17) is 11.6 Å². The van der Waals surface area contributed by atoms with Crippen molar-refractivity contribution in [2.24, 2.45) is 0 Å². The third kappa shape index (κ3) is 5.33. The van der Waals surface area contributed by atoms with Gasteiger partial charge in [0, 0.05) is 6.04 Å². The van der Waals surface area contributed by atoms with Crippen molar-refractivity contribution < 1.29 is 18.0 Å². The molecule has 3 rings (SSSR count). The minimum atomic E-state index is -3.08. The highest BCUT2D eigenvalue weighted by atomic mass is 35.5. The van der Waals surface area contributed by atoms with Crippen LogP contribution in [-0.2, 0) is 14.6 Å². The molecule has 2 amide bonds. The lowest BCUT2D eigenvalue weighted by molar-refractivity contribution is -0.122. The van der Waals surface area contributed by atoms with Crippen molar-refractivity contribution in [1.82, 2.24) is 10.6 Å². The Morgan fingerprint density at radius 2 is 1.75 bits per heavy atom. The van der Waals surface area contributed by atoms with Crippen LogP contribution in [0.25, 0.3) is 0 Å². The third-order valence-corrected chi connectivity index (χ3v) is 6.71. The number of halogens is 1. The monoisotopic (exact) mass is 420 g/mol. The lowest BCUT2D eigenvalue weighted by Gasteiger charge is -2.20. The predicted octanol–water partition coefficient (Wildman–Crippen LogP) is 2.50. The van der Waals surface area contributed by atoms with Crippen LogP contribution in [0.1, 0.15) is 34.8 Å². The molecule has 0 bridgehead atoms. The lowest BCUT2D eigenvalue weighted by atomic mass is 10.0. The van der Waals surface area contributed by atoms with E-state index in [2.05, 4.69) is 10.6 Å². The summed E-state index contributed by atoms with van der Waals surface area (Å²) < 4.78 is 23.2. The van der Waals surface area contributed by atoms with Crippen molar-refractivity contribution in [3.05, 3.63) is 70.7 Å². The van der Waals surface area contributed by atoms with Gasteiger partial charge in [-0.25, -0.2) is 8.42 Å². The molecule has 0 unspecified atom stereocenters. The number of sulfone groups is 1. The maximum absolute atomic E-state index is 12.7.